The Bertz CT molecular complexity index is 1290. The van der Waals surface area contributed by atoms with E-state index in [4.69, 9.17) is 22.8 Å². The number of nitrogens with zero attached hydrogens (tertiary/aromatic N) is 3. The molecule has 3 N–H and O–H groups in total. The highest BCUT2D eigenvalue weighted by Crippen LogP contribution is 2.37. The van der Waals surface area contributed by atoms with Gasteiger partial charge in [0, 0.05) is 22.3 Å². The zero-order valence-electron chi connectivity index (χ0n) is 15.8. The molecule has 2 heterocycles. The minimum Gasteiger partial charge on any atom is -0.484 e. The Morgan fingerprint density at radius 1 is 1.31 bits per heavy atom. The number of para-hydroxylation sites is 1. The molecule has 0 amide bonds. The Balaban J connectivity index is 1.84. The number of nitrogen functional groups attached to an aromatic ring is 1. The number of nitrogens with two attached hydrogens (primary N) is 1. The lowest BCUT2D eigenvalue weighted by Crippen LogP contribution is -2.14. The van der Waals surface area contributed by atoms with E-state index in [1.165, 1.54) is 4.68 Å². The second-order valence-electron chi connectivity index (χ2n) is 6.59. The summed E-state index contributed by atoms with van der Waals surface area (Å²) in [5.41, 5.74) is 3.45. The maximum absolute atomic E-state index is 12.4. The number of nitrogens with one attached hydrogen (secondary N) is 1. The number of H-pyrrole nitrogens is 1. The molecular formula is C20H18BrN5O2S. The molecule has 0 aliphatic rings. The van der Waals surface area contributed by atoms with E-state index in [0.29, 0.717) is 21.9 Å². The summed E-state index contributed by atoms with van der Waals surface area (Å²) < 4.78 is 10.3. The number of ether oxygens (including phenoxy) is 1. The summed E-state index contributed by atoms with van der Waals surface area (Å²) in [4.78, 5) is 12.4. The van der Waals surface area contributed by atoms with Crippen molar-refractivity contribution in [1.82, 2.24) is 19.4 Å². The number of aromatic amines is 1. The second-order valence-corrected chi connectivity index (χ2v) is 7.83. The van der Waals surface area contributed by atoms with Crippen LogP contribution in [0, 0.1) is 11.7 Å². The number of fused-ring (bicyclic) bond motifs is 1. The number of rotatable bonds is 5. The van der Waals surface area contributed by atoms with Gasteiger partial charge in [0.25, 0.3) is 0 Å². The summed E-state index contributed by atoms with van der Waals surface area (Å²) in [6.45, 7) is 3.65. The quantitative estimate of drug-likeness (QED) is 0.255. The summed E-state index contributed by atoms with van der Waals surface area (Å²) >= 11 is 8.60. The molecule has 0 fully saturated rings. The predicted molar refractivity (Wildman–Crippen MR) is 118 cm³/mol. The van der Waals surface area contributed by atoms with Crippen LogP contribution in [-0.4, -0.2) is 25.2 Å². The SMILES string of the molecule is CC(=O)c1c(C)n(-c2ccccc2)c2cc(Br)c(OCc3n[nH]c(=S)n3N)cc12. The fourth-order valence-electron chi connectivity index (χ4n) is 3.46. The molecule has 9 heteroatoms. The van der Waals surface area contributed by atoms with Crippen LogP contribution in [-0.2, 0) is 6.61 Å². The van der Waals surface area contributed by atoms with Gasteiger partial charge in [-0.3, -0.25) is 9.89 Å². The Hall–Kier alpha value is -2.91. The lowest BCUT2D eigenvalue weighted by Gasteiger charge is -2.11. The van der Waals surface area contributed by atoms with E-state index in [-0.39, 0.29) is 12.4 Å². The fraction of sp³-hybridized carbons (Fsp3) is 0.150. The largest absolute Gasteiger partial charge is 0.484 e. The van der Waals surface area contributed by atoms with Crippen LogP contribution in [0.5, 0.6) is 5.75 Å². The van der Waals surface area contributed by atoms with E-state index >= 15 is 0 Å². The molecule has 148 valence electrons. The molecule has 0 radical (unpaired) electrons. The van der Waals surface area contributed by atoms with Crippen molar-refractivity contribution in [3.8, 4) is 11.4 Å². The topological polar surface area (TPSA) is 90.9 Å². The maximum Gasteiger partial charge on any atom is 0.214 e. The number of hydrogen-bond donors (Lipinski definition) is 2. The molecule has 0 saturated carbocycles. The highest BCUT2D eigenvalue weighted by atomic mass is 79.9. The molecule has 0 aliphatic carbocycles. The standard InChI is InChI=1S/C20H18BrN5O2S/c1-11-19(12(2)27)14-8-17(28-10-18-23-24-20(29)26(18)22)15(21)9-16(14)25(11)13-6-4-3-5-7-13/h3-9H,10,22H2,1-2H3,(H,24,29). The van der Waals surface area contributed by atoms with Gasteiger partial charge in [0.2, 0.25) is 4.77 Å². The van der Waals surface area contributed by atoms with E-state index in [1.807, 2.05) is 49.4 Å². The number of Topliss-reactive ketones (excluding diaryl/α,β-unsaturated/α-hetero) is 1. The third kappa shape index (κ3) is 3.36. The fourth-order valence-corrected chi connectivity index (χ4v) is 4.06. The number of ketones is 1. The van der Waals surface area contributed by atoms with Gasteiger partial charge in [-0.05, 0) is 66.3 Å². The van der Waals surface area contributed by atoms with E-state index in [2.05, 4.69) is 30.7 Å². The van der Waals surface area contributed by atoms with Crippen molar-refractivity contribution in [2.24, 2.45) is 0 Å². The summed E-state index contributed by atoms with van der Waals surface area (Å²) in [6, 6.07) is 13.8. The molecule has 2 aromatic carbocycles. The van der Waals surface area contributed by atoms with Gasteiger partial charge in [-0.2, -0.15) is 5.10 Å². The minimum absolute atomic E-state index is 0.00157. The molecule has 0 unspecified atom stereocenters. The Morgan fingerprint density at radius 3 is 2.66 bits per heavy atom. The first-order valence-electron chi connectivity index (χ1n) is 8.83. The zero-order chi connectivity index (χ0) is 20.7. The van der Waals surface area contributed by atoms with Crippen LogP contribution in [0.2, 0.25) is 0 Å². The Morgan fingerprint density at radius 2 is 2.03 bits per heavy atom. The molecule has 4 aromatic rings. The highest BCUT2D eigenvalue weighted by molar-refractivity contribution is 9.10. The van der Waals surface area contributed by atoms with Crippen LogP contribution < -0.4 is 10.6 Å². The van der Waals surface area contributed by atoms with Gasteiger partial charge in [-0.1, -0.05) is 18.2 Å². The first kappa shape index (κ1) is 19.4. The van der Waals surface area contributed by atoms with E-state index in [0.717, 1.165) is 26.8 Å². The first-order valence-corrected chi connectivity index (χ1v) is 10.0. The number of hydrogen-bond acceptors (Lipinski definition) is 5. The van der Waals surface area contributed by atoms with Gasteiger partial charge in [-0.15, -0.1) is 0 Å². The third-order valence-electron chi connectivity index (χ3n) is 4.76. The van der Waals surface area contributed by atoms with Crippen LogP contribution in [0.3, 0.4) is 0 Å². The molecule has 7 nitrogen and oxygen atoms in total. The monoisotopic (exact) mass is 471 g/mol. The van der Waals surface area contributed by atoms with Crippen LogP contribution in [0.25, 0.3) is 16.6 Å². The smallest absolute Gasteiger partial charge is 0.214 e. The molecular weight excluding hydrogens is 454 g/mol. The molecule has 0 aliphatic heterocycles. The van der Waals surface area contributed by atoms with E-state index < -0.39 is 0 Å². The average Bonchev–Trinajstić information content (AvgIpc) is 3.16. The lowest BCUT2D eigenvalue weighted by atomic mass is 10.1. The molecule has 0 atom stereocenters. The van der Waals surface area contributed by atoms with Crippen molar-refractivity contribution in [2.75, 3.05) is 5.84 Å². The van der Waals surface area contributed by atoms with Crippen LogP contribution in [0.15, 0.2) is 46.9 Å². The number of halogens is 1. The normalized spacial score (nSPS) is 11.1. The molecule has 0 saturated heterocycles. The summed E-state index contributed by atoms with van der Waals surface area (Å²) in [5.74, 6) is 6.87. The van der Waals surface area contributed by atoms with Crippen molar-refractivity contribution >= 4 is 44.8 Å². The van der Waals surface area contributed by atoms with Crippen LogP contribution in [0.1, 0.15) is 28.8 Å². The Kier molecular flexibility index (Phi) is 5.01. The van der Waals surface area contributed by atoms with E-state index in [9.17, 15) is 4.79 Å². The Labute approximate surface area is 180 Å². The lowest BCUT2D eigenvalue weighted by molar-refractivity contribution is 0.101. The van der Waals surface area contributed by atoms with Crippen LogP contribution in [0.4, 0.5) is 0 Å². The van der Waals surface area contributed by atoms with Gasteiger partial charge in [-0.25, -0.2) is 4.68 Å². The number of benzene rings is 2. The van der Waals surface area contributed by atoms with Gasteiger partial charge in [0.15, 0.2) is 11.6 Å². The van der Waals surface area contributed by atoms with Crippen LogP contribution >= 0.6 is 28.1 Å². The molecule has 0 bridgehead atoms. The second kappa shape index (κ2) is 7.49. The summed E-state index contributed by atoms with van der Waals surface area (Å²) in [5, 5.41) is 7.49. The molecule has 2 aromatic heterocycles. The van der Waals surface area contributed by atoms with Gasteiger partial charge in [0.05, 0.1) is 9.99 Å². The van der Waals surface area contributed by atoms with Crippen molar-refractivity contribution in [3.63, 3.8) is 0 Å². The molecule has 4 rings (SSSR count). The number of carbonyl (C=O) groups excluding carboxylic acids is 1. The average molecular weight is 472 g/mol. The summed E-state index contributed by atoms with van der Waals surface area (Å²) in [7, 11) is 0. The predicted octanol–water partition coefficient (Wildman–Crippen LogP) is 4.45. The van der Waals surface area contributed by atoms with E-state index in [1.54, 1.807) is 6.92 Å². The third-order valence-corrected chi connectivity index (χ3v) is 5.67. The van der Waals surface area contributed by atoms with Crippen molar-refractivity contribution < 1.29 is 9.53 Å². The van der Waals surface area contributed by atoms with Gasteiger partial charge in [0.1, 0.15) is 12.4 Å². The zero-order valence-corrected chi connectivity index (χ0v) is 18.2. The van der Waals surface area contributed by atoms with Crippen molar-refractivity contribution in [3.05, 3.63) is 68.8 Å². The van der Waals surface area contributed by atoms with Crippen molar-refractivity contribution in [2.45, 2.75) is 20.5 Å². The maximum atomic E-state index is 12.4. The highest BCUT2D eigenvalue weighted by Gasteiger charge is 2.20. The first-order chi connectivity index (χ1) is 13.9. The molecule has 0 spiro atoms. The minimum atomic E-state index is -0.00157. The molecule has 29 heavy (non-hydrogen) atoms. The summed E-state index contributed by atoms with van der Waals surface area (Å²) in [6.07, 6.45) is 0. The van der Waals surface area contributed by atoms with Crippen molar-refractivity contribution in [1.29, 1.82) is 0 Å². The van der Waals surface area contributed by atoms with Gasteiger partial charge >= 0.3 is 0 Å². The number of aromatic nitrogens is 4. The van der Waals surface area contributed by atoms with Gasteiger partial charge < -0.3 is 15.1 Å². The number of carbonyl (C=O) groups is 1.